The number of ether oxygens (including phenoxy) is 1. The van der Waals surface area contributed by atoms with Crippen LogP contribution in [-0.2, 0) is 23.9 Å². The predicted molar refractivity (Wildman–Crippen MR) is 179 cm³/mol. The quantitative estimate of drug-likeness (QED) is 0.274. The molecule has 2 aliphatic rings. The minimum absolute atomic E-state index is 0.00592. The highest BCUT2D eigenvalue weighted by Crippen LogP contribution is 2.31. The van der Waals surface area contributed by atoms with Crippen LogP contribution in [-0.4, -0.2) is 75.8 Å². The largest absolute Gasteiger partial charge is 0.383 e. The summed E-state index contributed by atoms with van der Waals surface area (Å²) in [5.41, 5.74) is 13.0. The Morgan fingerprint density at radius 2 is 1.62 bits per heavy atom. The molecule has 0 unspecified atom stereocenters. The number of likely N-dealkylation sites (N-methyl/N-ethyl adjacent to an activating group) is 1. The number of carbonyl (C=O) groups excluding carboxylic acids is 1. The van der Waals surface area contributed by atoms with Gasteiger partial charge in [0.25, 0.3) is 5.91 Å². The monoisotopic (exact) mass is 607 g/mol. The summed E-state index contributed by atoms with van der Waals surface area (Å²) >= 11 is 0. The van der Waals surface area contributed by atoms with E-state index >= 15 is 0 Å². The number of amides is 1. The Morgan fingerprint density at radius 1 is 0.933 bits per heavy atom. The molecule has 9 nitrogen and oxygen atoms in total. The van der Waals surface area contributed by atoms with Gasteiger partial charge in [-0.3, -0.25) is 14.4 Å². The molecule has 6 rings (SSSR count). The van der Waals surface area contributed by atoms with Crippen molar-refractivity contribution in [2.75, 3.05) is 39.0 Å². The Bertz CT molecular complexity index is 1610. The molecule has 1 saturated heterocycles. The number of nitrogens with zero attached hydrogens (tertiary/aromatic N) is 5. The zero-order valence-corrected chi connectivity index (χ0v) is 26.9. The average Bonchev–Trinajstić information content (AvgIpc) is 3.69. The fourth-order valence-electron chi connectivity index (χ4n) is 6.54. The number of anilines is 1. The highest BCUT2D eigenvalue weighted by atomic mass is 16.5. The second kappa shape index (κ2) is 13.1. The van der Waals surface area contributed by atoms with E-state index in [1.54, 1.807) is 23.1 Å². The molecule has 0 bridgehead atoms. The first-order valence-corrected chi connectivity index (χ1v) is 16.0. The van der Waals surface area contributed by atoms with Gasteiger partial charge in [-0.1, -0.05) is 48.5 Å². The molecule has 45 heavy (non-hydrogen) atoms. The average molecular weight is 608 g/mol. The summed E-state index contributed by atoms with van der Waals surface area (Å²) < 4.78 is 8.06. The number of rotatable bonds is 9. The summed E-state index contributed by atoms with van der Waals surface area (Å²) in [7, 11) is 4.05. The number of benzene rings is 2. The summed E-state index contributed by atoms with van der Waals surface area (Å²) in [6.45, 7) is 9.57. The van der Waals surface area contributed by atoms with E-state index in [1.165, 1.54) is 16.7 Å². The van der Waals surface area contributed by atoms with Crippen LogP contribution in [0.2, 0.25) is 0 Å². The Hall–Kier alpha value is -4.05. The lowest BCUT2D eigenvalue weighted by molar-refractivity contribution is 0.0272. The normalized spacial score (nSPS) is 19.6. The number of pyridine rings is 1. The summed E-state index contributed by atoms with van der Waals surface area (Å²) in [5, 5.41) is 7.38. The van der Waals surface area contributed by atoms with E-state index in [-0.39, 0.29) is 29.4 Å². The molecular weight excluding hydrogens is 562 g/mol. The summed E-state index contributed by atoms with van der Waals surface area (Å²) in [4.78, 5) is 22.5. The Balaban J connectivity index is 1.04. The number of nitrogens with two attached hydrogens (primary N) is 1. The van der Waals surface area contributed by atoms with E-state index in [4.69, 9.17) is 10.5 Å². The zero-order chi connectivity index (χ0) is 31.6. The van der Waals surface area contributed by atoms with Crippen molar-refractivity contribution in [1.29, 1.82) is 0 Å². The van der Waals surface area contributed by atoms with E-state index in [0.29, 0.717) is 12.2 Å². The highest BCUT2D eigenvalue weighted by Gasteiger charge is 2.31. The number of aryl methyl sites for hydroxylation is 1. The molecule has 1 amide bonds. The van der Waals surface area contributed by atoms with Crippen LogP contribution in [0.5, 0.6) is 0 Å². The van der Waals surface area contributed by atoms with E-state index < -0.39 is 0 Å². The van der Waals surface area contributed by atoms with Gasteiger partial charge in [0.05, 0.1) is 30.5 Å². The van der Waals surface area contributed by atoms with Crippen molar-refractivity contribution in [3.05, 3.63) is 89.9 Å². The van der Waals surface area contributed by atoms with E-state index in [0.717, 1.165) is 62.1 Å². The topological polar surface area (TPSA) is 102 Å². The van der Waals surface area contributed by atoms with Crippen LogP contribution in [0.25, 0.3) is 22.3 Å². The molecule has 0 spiro atoms. The molecule has 2 fully saturated rings. The number of aromatic nitrogens is 3. The van der Waals surface area contributed by atoms with Crippen molar-refractivity contribution >= 4 is 11.7 Å². The summed E-state index contributed by atoms with van der Waals surface area (Å²) in [6.07, 6.45) is 8.01. The molecule has 236 valence electrons. The highest BCUT2D eigenvalue weighted by molar-refractivity contribution is 5.99. The molecule has 1 saturated carbocycles. The van der Waals surface area contributed by atoms with Gasteiger partial charge in [-0.25, -0.2) is 4.98 Å². The third kappa shape index (κ3) is 6.96. The van der Waals surface area contributed by atoms with Gasteiger partial charge >= 0.3 is 0 Å². The fraction of sp³-hybridized carbons (Fsp3) is 0.417. The summed E-state index contributed by atoms with van der Waals surface area (Å²) in [5.74, 6) is -0.0161. The van der Waals surface area contributed by atoms with Crippen LogP contribution in [0.4, 0.5) is 5.82 Å². The van der Waals surface area contributed by atoms with Gasteiger partial charge < -0.3 is 20.7 Å². The molecular formula is C36H45N7O2. The number of carbonyl (C=O) groups is 1. The summed E-state index contributed by atoms with van der Waals surface area (Å²) in [6, 6.07) is 19.3. The van der Waals surface area contributed by atoms with Crippen molar-refractivity contribution < 1.29 is 9.53 Å². The van der Waals surface area contributed by atoms with Gasteiger partial charge in [0.15, 0.2) is 0 Å². The van der Waals surface area contributed by atoms with Crippen molar-refractivity contribution in [2.45, 2.75) is 57.4 Å². The van der Waals surface area contributed by atoms with Crippen LogP contribution in [0, 0.1) is 0 Å². The van der Waals surface area contributed by atoms with Gasteiger partial charge in [-0.05, 0) is 68.5 Å². The maximum Gasteiger partial charge on any atom is 0.255 e. The third-order valence-electron chi connectivity index (χ3n) is 9.61. The van der Waals surface area contributed by atoms with Crippen molar-refractivity contribution in [3.8, 4) is 22.3 Å². The molecule has 1 aliphatic carbocycles. The molecule has 2 atom stereocenters. The maximum atomic E-state index is 13.3. The zero-order valence-electron chi connectivity index (χ0n) is 26.9. The minimum Gasteiger partial charge on any atom is -0.383 e. The van der Waals surface area contributed by atoms with Crippen LogP contribution in [0.1, 0.15) is 54.6 Å². The van der Waals surface area contributed by atoms with Gasteiger partial charge in [-0.15, -0.1) is 0 Å². The standard InChI is InChI=1S/C36H45N7O2/c1-36(2,43-18-16-41(3)17-19-43)30-14-12-27(13-15-30)26-10-8-25(9-11-26)24-45-33-7-5-6-32(33)40-35(44)31-20-28(21-38-34(31)37)29-22-39-42(4)23-29/h8-15,20-23,32-33H,5-7,16-19,24H2,1-4H3,(H2,37,38)(H,40,44)/t32-,33-/m0/s1. The molecule has 4 aromatic rings. The molecule has 9 heteroatoms. The van der Waals surface area contributed by atoms with Gasteiger partial charge in [-0.2, -0.15) is 5.10 Å². The van der Waals surface area contributed by atoms with Crippen molar-refractivity contribution in [1.82, 2.24) is 29.9 Å². The van der Waals surface area contributed by atoms with Crippen molar-refractivity contribution in [3.63, 3.8) is 0 Å². The molecule has 3 heterocycles. The fourth-order valence-corrected chi connectivity index (χ4v) is 6.54. The second-order valence-electron chi connectivity index (χ2n) is 13.0. The Morgan fingerprint density at radius 3 is 2.29 bits per heavy atom. The lowest BCUT2D eigenvalue weighted by atomic mass is 9.90. The Kier molecular flexibility index (Phi) is 9.03. The predicted octanol–water partition coefficient (Wildman–Crippen LogP) is 5.08. The smallest absolute Gasteiger partial charge is 0.255 e. The Labute approximate surface area is 266 Å². The van der Waals surface area contributed by atoms with Crippen LogP contribution < -0.4 is 11.1 Å². The third-order valence-corrected chi connectivity index (χ3v) is 9.61. The van der Waals surface area contributed by atoms with Gasteiger partial charge in [0.2, 0.25) is 0 Å². The lowest BCUT2D eigenvalue weighted by Gasteiger charge is -2.43. The van der Waals surface area contributed by atoms with Crippen LogP contribution in [0.3, 0.4) is 0 Å². The number of hydrogen-bond donors (Lipinski definition) is 2. The number of nitrogens with one attached hydrogen (secondary N) is 1. The lowest BCUT2D eigenvalue weighted by Crippen LogP contribution is -2.52. The number of hydrogen-bond acceptors (Lipinski definition) is 7. The molecule has 0 radical (unpaired) electrons. The molecule has 2 aromatic carbocycles. The van der Waals surface area contributed by atoms with Gasteiger partial charge in [0.1, 0.15) is 5.82 Å². The first kappa shape index (κ1) is 31.0. The maximum absolute atomic E-state index is 13.3. The van der Waals surface area contributed by atoms with Crippen LogP contribution >= 0.6 is 0 Å². The number of piperazine rings is 1. The van der Waals surface area contributed by atoms with E-state index in [2.05, 4.69) is 94.6 Å². The van der Waals surface area contributed by atoms with E-state index in [1.807, 2.05) is 13.2 Å². The SMILES string of the molecule is CN1CCN(C(C)(C)c2ccc(-c3ccc(CO[C@H]4CCC[C@@H]4NC(=O)c4cc(-c5cnn(C)c5)cnc4N)cc3)cc2)CC1. The van der Waals surface area contributed by atoms with Gasteiger partial charge in [0, 0.05) is 62.3 Å². The minimum atomic E-state index is -0.228. The second-order valence-corrected chi connectivity index (χ2v) is 13.0. The van der Waals surface area contributed by atoms with Crippen molar-refractivity contribution in [2.24, 2.45) is 7.05 Å². The number of nitrogen functional groups attached to an aromatic ring is 1. The van der Waals surface area contributed by atoms with E-state index in [9.17, 15) is 4.79 Å². The molecule has 1 aliphatic heterocycles. The van der Waals surface area contributed by atoms with Crippen LogP contribution in [0.15, 0.2) is 73.2 Å². The first-order valence-electron chi connectivity index (χ1n) is 16.0. The first-order chi connectivity index (χ1) is 21.7. The molecule has 3 N–H and O–H groups in total. The molecule has 2 aromatic heterocycles.